The maximum Gasteiger partial charge on any atom is 0.344 e. The molecule has 1 saturated carbocycles. The second kappa shape index (κ2) is 8.61. The minimum atomic E-state index is -0.647. The molecule has 0 aliphatic heterocycles. The van der Waals surface area contributed by atoms with Gasteiger partial charge in [-0.25, -0.2) is 9.59 Å². The van der Waals surface area contributed by atoms with E-state index in [1.165, 1.54) is 20.6 Å². The maximum atomic E-state index is 12.5. The molecule has 3 rings (SSSR count). The van der Waals surface area contributed by atoms with Crippen molar-refractivity contribution in [3.05, 3.63) is 39.9 Å². The van der Waals surface area contributed by atoms with Crippen molar-refractivity contribution in [1.82, 2.24) is 0 Å². The minimum Gasteiger partial charge on any atom is -0.465 e. The Labute approximate surface area is 166 Å². The Morgan fingerprint density at radius 2 is 1.74 bits per heavy atom. The summed E-state index contributed by atoms with van der Waals surface area (Å²) in [6, 6.07) is 7.51. The molecule has 1 aromatic carbocycles. The lowest BCUT2D eigenvalue weighted by atomic mass is 9.95. The number of hydrogen-bond acceptors (Lipinski definition) is 6. The summed E-state index contributed by atoms with van der Waals surface area (Å²) in [4.78, 5) is 25.0. The van der Waals surface area contributed by atoms with Crippen LogP contribution in [0.3, 0.4) is 0 Å². The molecule has 0 atom stereocenters. The molecule has 0 bridgehead atoms. The van der Waals surface area contributed by atoms with E-state index in [-0.39, 0.29) is 28.8 Å². The highest BCUT2D eigenvalue weighted by atomic mass is 79.9. The van der Waals surface area contributed by atoms with E-state index in [4.69, 9.17) is 13.9 Å². The van der Waals surface area contributed by atoms with E-state index in [1.807, 2.05) is 24.3 Å². The molecule has 2 aromatic rings. The normalized spacial score (nSPS) is 14.6. The van der Waals surface area contributed by atoms with Crippen LogP contribution in [0.1, 0.15) is 52.8 Å². The first-order valence-corrected chi connectivity index (χ1v) is 9.70. The summed E-state index contributed by atoms with van der Waals surface area (Å²) in [6.07, 6.45) is 5.42. The van der Waals surface area contributed by atoms with E-state index < -0.39 is 11.9 Å². The Balaban J connectivity index is 2.14. The third-order valence-electron chi connectivity index (χ3n) is 4.71. The van der Waals surface area contributed by atoms with Gasteiger partial charge in [0, 0.05) is 16.1 Å². The van der Waals surface area contributed by atoms with Crippen LogP contribution in [0.2, 0.25) is 0 Å². The van der Waals surface area contributed by atoms with Crippen molar-refractivity contribution < 1.29 is 23.5 Å². The number of nitrogens with one attached hydrogen (secondary N) is 1. The zero-order valence-electron chi connectivity index (χ0n) is 15.3. The zero-order valence-corrected chi connectivity index (χ0v) is 16.9. The van der Waals surface area contributed by atoms with Gasteiger partial charge in [-0.15, -0.1) is 0 Å². The molecule has 1 heterocycles. The first-order chi connectivity index (χ1) is 13.0. The molecule has 0 saturated heterocycles. The molecule has 7 heteroatoms. The molecule has 1 aliphatic rings. The fraction of sp³-hybridized carbons (Fsp3) is 0.400. The number of ether oxygens (including phenoxy) is 2. The van der Waals surface area contributed by atoms with Crippen LogP contribution in [0.4, 0.5) is 5.88 Å². The Hall–Kier alpha value is -2.28. The van der Waals surface area contributed by atoms with E-state index in [2.05, 4.69) is 21.2 Å². The summed E-state index contributed by atoms with van der Waals surface area (Å²) in [7, 11) is 2.55. The Morgan fingerprint density at radius 3 is 2.37 bits per heavy atom. The molecule has 0 unspecified atom stereocenters. The van der Waals surface area contributed by atoms with Crippen LogP contribution in [-0.2, 0) is 9.47 Å². The standard InChI is InChI=1S/C20H22BrNO5/c1-25-19(23)15-16(20(24)26-2)18(22-14-9-4-3-5-10-14)27-17(15)12-7-6-8-13(21)11-12/h6-8,11,14,22H,3-5,9-10H2,1-2H3. The molecule has 0 amide bonds. The van der Waals surface area contributed by atoms with E-state index in [0.717, 1.165) is 30.2 Å². The van der Waals surface area contributed by atoms with E-state index in [0.29, 0.717) is 5.56 Å². The van der Waals surface area contributed by atoms with Crippen molar-refractivity contribution in [1.29, 1.82) is 0 Å². The summed E-state index contributed by atoms with van der Waals surface area (Å²) < 4.78 is 16.7. The number of benzene rings is 1. The van der Waals surface area contributed by atoms with Gasteiger partial charge in [-0.1, -0.05) is 47.3 Å². The summed E-state index contributed by atoms with van der Waals surface area (Å²) in [5.41, 5.74) is 0.803. The van der Waals surface area contributed by atoms with Crippen molar-refractivity contribution in [2.45, 2.75) is 38.1 Å². The topological polar surface area (TPSA) is 77.8 Å². The molecular weight excluding hydrogens is 414 g/mol. The average Bonchev–Trinajstić information content (AvgIpc) is 3.06. The third-order valence-corrected chi connectivity index (χ3v) is 5.21. The molecular formula is C20H22BrNO5. The smallest absolute Gasteiger partial charge is 0.344 e. The molecule has 1 aromatic heterocycles. The molecule has 1 fully saturated rings. The minimum absolute atomic E-state index is 0.0701. The second-order valence-electron chi connectivity index (χ2n) is 6.48. The molecule has 27 heavy (non-hydrogen) atoms. The Morgan fingerprint density at radius 1 is 1.07 bits per heavy atom. The van der Waals surface area contributed by atoms with Gasteiger partial charge < -0.3 is 19.2 Å². The van der Waals surface area contributed by atoms with Gasteiger partial charge in [0.15, 0.2) is 5.76 Å². The van der Waals surface area contributed by atoms with Crippen LogP contribution in [0, 0.1) is 0 Å². The lowest BCUT2D eigenvalue weighted by Crippen LogP contribution is -2.23. The third kappa shape index (κ3) is 4.18. The van der Waals surface area contributed by atoms with Crippen molar-refractivity contribution >= 4 is 33.8 Å². The summed E-state index contributed by atoms with van der Waals surface area (Å²) in [6.45, 7) is 0. The number of hydrogen-bond donors (Lipinski definition) is 1. The lowest BCUT2D eigenvalue weighted by Gasteiger charge is -2.22. The largest absolute Gasteiger partial charge is 0.465 e. The highest BCUT2D eigenvalue weighted by Crippen LogP contribution is 2.38. The molecule has 0 spiro atoms. The summed E-state index contributed by atoms with van der Waals surface area (Å²) in [5.74, 6) is -0.754. The first-order valence-electron chi connectivity index (χ1n) is 8.91. The number of carbonyl (C=O) groups excluding carboxylic acids is 2. The monoisotopic (exact) mass is 435 g/mol. The summed E-state index contributed by atoms with van der Waals surface area (Å²) in [5, 5.41) is 3.30. The second-order valence-corrected chi connectivity index (χ2v) is 7.40. The van der Waals surface area contributed by atoms with Crippen molar-refractivity contribution in [3.8, 4) is 11.3 Å². The van der Waals surface area contributed by atoms with Gasteiger partial charge >= 0.3 is 11.9 Å². The molecule has 6 nitrogen and oxygen atoms in total. The van der Waals surface area contributed by atoms with Crippen LogP contribution < -0.4 is 5.32 Å². The molecule has 144 valence electrons. The fourth-order valence-electron chi connectivity index (χ4n) is 3.39. The molecule has 1 N–H and O–H groups in total. The number of methoxy groups -OCH3 is 2. The van der Waals surface area contributed by atoms with Gasteiger partial charge in [-0.05, 0) is 25.0 Å². The van der Waals surface area contributed by atoms with Gasteiger partial charge in [0.1, 0.15) is 11.1 Å². The molecule has 1 aliphatic carbocycles. The van der Waals surface area contributed by atoms with E-state index in [1.54, 1.807) is 0 Å². The number of rotatable bonds is 5. The van der Waals surface area contributed by atoms with Crippen LogP contribution in [0.25, 0.3) is 11.3 Å². The van der Waals surface area contributed by atoms with Gasteiger partial charge in [0.2, 0.25) is 5.88 Å². The number of furan rings is 1. The summed E-state index contributed by atoms with van der Waals surface area (Å²) >= 11 is 3.42. The van der Waals surface area contributed by atoms with Gasteiger partial charge in [0.05, 0.1) is 14.2 Å². The van der Waals surface area contributed by atoms with Crippen LogP contribution in [0.5, 0.6) is 0 Å². The average molecular weight is 436 g/mol. The predicted molar refractivity (Wildman–Crippen MR) is 105 cm³/mol. The quantitative estimate of drug-likeness (QED) is 0.663. The van der Waals surface area contributed by atoms with Crippen molar-refractivity contribution in [2.24, 2.45) is 0 Å². The zero-order chi connectivity index (χ0) is 19.4. The van der Waals surface area contributed by atoms with Gasteiger partial charge in [-0.2, -0.15) is 0 Å². The maximum absolute atomic E-state index is 12.5. The van der Waals surface area contributed by atoms with Crippen molar-refractivity contribution in [3.63, 3.8) is 0 Å². The first kappa shape index (κ1) is 19.5. The number of esters is 2. The van der Waals surface area contributed by atoms with Crippen molar-refractivity contribution in [2.75, 3.05) is 19.5 Å². The number of halogens is 1. The predicted octanol–water partition coefficient (Wildman–Crippen LogP) is 5.03. The van der Waals surface area contributed by atoms with Crippen LogP contribution >= 0.6 is 15.9 Å². The van der Waals surface area contributed by atoms with Gasteiger partial charge in [0.25, 0.3) is 0 Å². The SMILES string of the molecule is COC(=O)c1c(NC2CCCCC2)oc(-c2cccc(Br)c2)c1C(=O)OC. The van der Waals surface area contributed by atoms with Crippen LogP contribution in [0.15, 0.2) is 33.2 Å². The highest BCUT2D eigenvalue weighted by Gasteiger charge is 2.33. The fourth-order valence-corrected chi connectivity index (χ4v) is 3.79. The van der Waals surface area contributed by atoms with Gasteiger partial charge in [-0.3, -0.25) is 0 Å². The molecule has 0 radical (unpaired) electrons. The van der Waals surface area contributed by atoms with Crippen LogP contribution in [-0.4, -0.2) is 32.2 Å². The van der Waals surface area contributed by atoms with E-state index in [9.17, 15) is 9.59 Å². The highest BCUT2D eigenvalue weighted by molar-refractivity contribution is 9.10. The van der Waals surface area contributed by atoms with E-state index >= 15 is 0 Å². The lowest BCUT2D eigenvalue weighted by molar-refractivity contribution is 0.0558. The number of carbonyl (C=O) groups is 2. The number of anilines is 1. The Bertz CT molecular complexity index is 839. The Kier molecular flexibility index (Phi) is 6.21.